The van der Waals surface area contributed by atoms with Gasteiger partial charge in [-0.05, 0) is 80.5 Å². The lowest BCUT2D eigenvalue weighted by Gasteiger charge is -2.25. The molecule has 1 heterocycles. The number of ether oxygens (including phenoxy) is 4. The molecular weight excluding hydrogens is 520 g/mol. The van der Waals surface area contributed by atoms with Crippen molar-refractivity contribution in [3.63, 3.8) is 0 Å². The Bertz CT molecular complexity index is 1410. The minimum Gasteiger partial charge on any atom is -0.493 e. The van der Waals surface area contributed by atoms with Gasteiger partial charge in [0.25, 0.3) is 5.91 Å². The van der Waals surface area contributed by atoms with Gasteiger partial charge < -0.3 is 33.3 Å². The number of likely N-dealkylation sites (N-methyl/N-ethyl adjacent to an activating group) is 1. The highest BCUT2D eigenvalue weighted by Crippen LogP contribution is 2.32. The van der Waals surface area contributed by atoms with Crippen LogP contribution in [0.3, 0.4) is 0 Å². The highest BCUT2D eigenvalue weighted by atomic mass is 16.5. The summed E-state index contributed by atoms with van der Waals surface area (Å²) in [5.74, 6) is 2.56. The molecular formula is C32H38N4O5. The van der Waals surface area contributed by atoms with Crippen LogP contribution in [0, 0.1) is 0 Å². The summed E-state index contributed by atoms with van der Waals surface area (Å²) < 4.78 is 23.6. The average molecular weight is 559 g/mol. The topological polar surface area (TPSA) is 78.3 Å². The average Bonchev–Trinajstić information content (AvgIpc) is 3.56. The molecule has 0 aliphatic carbocycles. The monoisotopic (exact) mass is 558 g/mol. The molecule has 0 unspecified atom stereocenters. The molecule has 4 aromatic rings. The smallest absolute Gasteiger partial charge is 0.258 e. The Labute approximate surface area is 241 Å². The summed E-state index contributed by atoms with van der Waals surface area (Å²) in [4.78, 5) is 22.0. The molecule has 9 heteroatoms. The molecule has 41 heavy (non-hydrogen) atoms. The summed E-state index contributed by atoms with van der Waals surface area (Å²) in [5.41, 5.74) is 3.47. The summed E-state index contributed by atoms with van der Waals surface area (Å²) in [6.45, 7) is 2.23. The number of rotatable bonds is 14. The Balaban J connectivity index is 1.44. The van der Waals surface area contributed by atoms with Crippen molar-refractivity contribution in [1.29, 1.82) is 0 Å². The van der Waals surface area contributed by atoms with Gasteiger partial charge >= 0.3 is 0 Å². The van der Waals surface area contributed by atoms with Crippen molar-refractivity contribution in [3.05, 3.63) is 90.5 Å². The first-order valence-corrected chi connectivity index (χ1v) is 13.5. The molecule has 1 aromatic heterocycles. The number of methoxy groups -OCH3 is 4. The zero-order valence-electron chi connectivity index (χ0n) is 24.4. The number of anilines is 1. The fourth-order valence-corrected chi connectivity index (χ4v) is 4.65. The molecule has 4 rings (SSSR count). The maximum absolute atomic E-state index is 13.8. The van der Waals surface area contributed by atoms with Gasteiger partial charge in [0.15, 0.2) is 23.0 Å². The van der Waals surface area contributed by atoms with Gasteiger partial charge in [-0.2, -0.15) is 0 Å². The van der Waals surface area contributed by atoms with Gasteiger partial charge in [-0.3, -0.25) is 4.79 Å². The van der Waals surface area contributed by atoms with Gasteiger partial charge in [0.1, 0.15) is 0 Å². The highest BCUT2D eigenvalue weighted by Gasteiger charge is 2.20. The van der Waals surface area contributed by atoms with E-state index in [1.54, 1.807) is 45.9 Å². The van der Waals surface area contributed by atoms with Gasteiger partial charge in [0.05, 0.1) is 34.8 Å². The number of amides is 1. The fraction of sp³-hybridized carbons (Fsp3) is 0.312. The molecule has 0 saturated carbocycles. The number of carbonyl (C=O) groups excluding carboxylic acids is 1. The Morgan fingerprint density at radius 3 is 2.07 bits per heavy atom. The molecule has 0 radical (unpaired) electrons. The van der Waals surface area contributed by atoms with Gasteiger partial charge in [-0.1, -0.05) is 6.07 Å². The van der Waals surface area contributed by atoms with Crippen LogP contribution >= 0.6 is 0 Å². The third kappa shape index (κ3) is 7.37. The molecule has 0 aliphatic heterocycles. The first-order valence-electron chi connectivity index (χ1n) is 13.5. The van der Waals surface area contributed by atoms with E-state index in [2.05, 4.69) is 23.0 Å². The molecule has 1 amide bonds. The summed E-state index contributed by atoms with van der Waals surface area (Å²) >= 11 is 0. The van der Waals surface area contributed by atoms with Crippen LogP contribution in [0.5, 0.6) is 23.0 Å². The number of hydrogen-bond donors (Lipinski definition) is 0. The van der Waals surface area contributed by atoms with Crippen molar-refractivity contribution in [3.8, 4) is 28.7 Å². The molecule has 0 N–H and O–H groups in total. The Hall–Kier alpha value is -4.50. The molecule has 0 bridgehead atoms. The summed E-state index contributed by atoms with van der Waals surface area (Å²) in [6.07, 6.45) is 6.99. The lowest BCUT2D eigenvalue weighted by atomic mass is 10.1. The molecule has 0 saturated heterocycles. The van der Waals surface area contributed by atoms with Gasteiger partial charge in [-0.25, -0.2) is 4.98 Å². The van der Waals surface area contributed by atoms with Crippen molar-refractivity contribution in [2.45, 2.75) is 12.8 Å². The highest BCUT2D eigenvalue weighted by molar-refractivity contribution is 6.06. The molecule has 3 aromatic carbocycles. The second kappa shape index (κ2) is 14.2. The van der Waals surface area contributed by atoms with Gasteiger partial charge in [-0.15, -0.1) is 0 Å². The molecule has 0 atom stereocenters. The third-order valence-corrected chi connectivity index (χ3v) is 6.99. The number of hydrogen-bond acceptors (Lipinski definition) is 7. The van der Waals surface area contributed by atoms with Crippen LogP contribution in [0.1, 0.15) is 22.3 Å². The number of aromatic nitrogens is 2. The lowest BCUT2D eigenvalue weighted by Crippen LogP contribution is -2.34. The number of imidazole rings is 1. The van der Waals surface area contributed by atoms with Crippen LogP contribution in [-0.4, -0.2) is 75.5 Å². The minimum atomic E-state index is -0.0811. The van der Waals surface area contributed by atoms with Gasteiger partial charge in [0, 0.05) is 48.5 Å². The van der Waals surface area contributed by atoms with Gasteiger partial charge in [0.2, 0.25) is 0 Å². The normalized spacial score (nSPS) is 10.9. The molecule has 216 valence electrons. The standard InChI is InChI=1S/C32H38N4O5/c1-34(19-15-24-7-13-28(38-2)30(21-24)40-4)17-6-18-36(27-12-14-29(39-3)31(22-27)41-5)32(37)25-8-10-26(11-9-25)35-20-16-33-23-35/h7-14,16,20-23H,6,15,17-19H2,1-5H3. The largest absolute Gasteiger partial charge is 0.493 e. The van der Waals surface area contributed by atoms with E-state index in [4.69, 9.17) is 18.9 Å². The lowest BCUT2D eigenvalue weighted by molar-refractivity contribution is 0.0986. The fourth-order valence-electron chi connectivity index (χ4n) is 4.65. The van der Waals surface area contributed by atoms with Crippen LogP contribution in [0.25, 0.3) is 5.69 Å². The van der Waals surface area contributed by atoms with Crippen LogP contribution in [0.4, 0.5) is 5.69 Å². The Kier molecular flexibility index (Phi) is 10.2. The van der Waals surface area contributed by atoms with Crippen molar-refractivity contribution < 1.29 is 23.7 Å². The number of carbonyl (C=O) groups is 1. The van der Waals surface area contributed by atoms with E-state index >= 15 is 0 Å². The molecule has 9 nitrogen and oxygen atoms in total. The van der Waals surface area contributed by atoms with E-state index < -0.39 is 0 Å². The zero-order valence-corrected chi connectivity index (χ0v) is 24.4. The van der Waals surface area contributed by atoms with E-state index in [0.29, 0.717) is 23.6 Å². The van der Waals surface area contributed by atoms with Crippen molar-refractivity contribution >= 4 is 11.6 Å². The van der Waals surface area contributed by atoms with E-state index in [-0.39, 0.29) is 5.91 Å². The Morgan fingerprint density at radius 1 is 0.780 bits per heavy atom. The predicted molar refractivity (Wildman–Crippen MR) is 160 cm³/mol. The van der Waals surface area contributed by atoms with Crippen molar-refractivity contribution in [1.82, 2.24) is 14.5 Å². The SMILES string of the molecule is COc1ccc(CCN(C)CCCN(C(=O)c2ccc(-n3ccnc3)cc2)c2ccc(OC)c(OC)c2)cc1OC. The maximum atomic E-state index is 13.8. The van der Waals surface area contributed by atoms with E-state index in [1.807, 2.05) is 65.4 Å². The second-order valence-electron chi connectivity index (χ2n) is 9.61. The van der Waals surface area contributed by atoms with Crippen molar-refractivity contribution in [2.24, 2.45) is 0 Å². The number of nitrogens with zero attached hydrogens (tertiary/aromatic N) is 4. The summed E-state index contributed by atoms with van der Waals surface area (Å²) in [7, 11) is 8.57. The van der Waals surface area contributed by atoms with E-state index in [1.165, 1.54) is 5.56 Å². The third-order valence-electron chi connectivity index (χ3n) is 6.99. The molecule has 0 spiro atoms. The van der Waals surface area contributed by atoms with Crippen LogP contribution < -0.4 is 23.8 Å². The Morgan fingerprint density at radius 2 is 1.44 bits per heavy atom. The molecule has 0 fully saturated rings. The second-order valence-corrected chi connectivity index (χ2v) is 9.61. The predicted octanol–water partition coefficient (Wildman–Crippen LogP) is 5.12. The van der Waals surface area contributed by atoms with E-state index in [9.17, 15) is 4.79 Å². The quantitative estimate of drug-likeness (QED) is 0.213. The van der Waals surface area contributed by atoms with Crippen LogP contribution in [0.2, 0.25) is 0 Å². The number of benzene rings is 3. The first kappa shape index (κ1) is 29.5. The maximum Gasteiger partial charge on any atom is 0.258 e. The summed E-state index contributed by atoms with van der Waals surface area (Å²) in [5, 5.41) is 0. The zero-order chi connectivity index (χ0) is 29.2. The summed E-state index contributed by atoms with van der Waals surface area (Å²) in [6, 6.07) is 19.1. The van der Waals surface area contributed by atoms with Crippen molar-refractivity contribution in [2.75, 3.05) is 60.0 Å². The van der Waals surface area contributed by atoms with E-state index in [0.717, 1.165) is 48.8 Å². The minimum absolute atomic E-state index is 0.0811. The van der Waals surface area contributed by atoms with Crippen LogP contribution in [0.15, 0.2) is 79.4 Å². The molecule has 0 aliphatic rings. The van der Waals surface area contributed by atoms with Crippen LogP contribution in [-0.2, 0) is 6.42 Å². The first-order chi connectivity index (χ1) is 20.0.